The number of carbonyl (C=O) groups excluding carboxylic acids is 1. The normalized spacial score (nSPS) is 21.5. The van der Waals surface area contributed by atoms with Crippen LogP contribution in [-0.4, -0.2) is 32.5 Å². The molecule has 0 radical (unpaired) electrons. The van der Waals surface area contributed by atoms with Crippen LogP contribution in [0, 0.1) is 6.92 Å². The van der Waals surface area contributed by atoms with Gasteiger partial charge in [-0.3, -0.25) is 4.79 Å². The van der Waals surface area contributed by atoms with Crippen LogP contribution in [0.2, 0.25) is 0 Å². The first-order valence-corrected chi connectivity index (χ1v) is 8.62. The van der Waals surface area contributed by atoms with Gasteiger partial charge in [0.2, 0.25) is 11.8 Å². The average molecular weight is 318 g/mol. The van der Waals surface area contributed by atoms with E-state index in [0.717, 1.165) is 48.8 Å². The maximum atomic E-state index is 12.6. The molecular weight excluding hydrogens is 300 g/mol. The van der Waals surface area contributed by atoms with Crippen molar-refractivity contribution in [2.24, 2.45) is 0 Å². The first-order valence-electron chi connectivity index (χ1n) is 7.74. The van der Waals surface area contributed by atoms with Crippen molar-refractivity contribution in [3.05, 3.63) is 27.8 Å². The van der Waals surface area contributed by atoms with E-state index in [1.807, 2.05) is 17.2 Å². The summed E-state index contributed by atoms with van der Waals surface area (Å²) in [4.78, 5) is 23.3. The summed E-state index contributed by atoms with van der Waals surface area (Å²) in [5.41, 5.74) is 0.852. The maximum Gasteiger partial charge on any atom is 0.229 e. The molecule has 2 fully saturated rings. The lowest BCUT2D eigenvalue weighted by molar-refractivity contribution is -0.131. The summed E-state index contributed by atoms with van der Waals surface area (Å²) in [6.07, 6.45) is 4.52. The van der Waals surface area contributed by atoms with E-state index in [-0.39, 0.29) is 11.9 Å². The number of rotatable bonds is 4. The van der Waals surface area contributed by atoms with Gasteiger partial charge in [0.05, 0.1) is 23.2 Å². The minimum absolute atomic E-state index is 0.0384. The molecule has 1 saturated carbocycles. The highest BCUT2D eigenvalue weighted by Crippen LogP contribution is 2.40. The van der Waals surface area contributed by atoms with Gasteiger partial charge in [0.1, 0.15) is 0 Å². The first-order chi connectivity index (χ1) is 10.7. The summed E-state index contributed by atoms with van der Waals surface area (Å²) in [5, 5.41) is 7.06. The third kappa shape index (κ3) is 2.65. The largest absolute Gasteiger partial charge is 0.339 e. The zero-order chi connectivity index (χ0) is 15.1. The van der Waals surface area contributed by atoms with Crippen molar-refractivity contribution >= 4 is 17.2 Å². The molecule has 2 aromatic heterocycles. The first kappa shape index (κ1) is 13.9. The van der Waals surface area contributed by atoms with Crippen molar-refractivity contribution in [1.29, 1.82) is 0 Å². The maximum absolute atomic E-state index is 12.6. The second-order valence-electron chi connectivity index (χ2n) is 6.04. The van der Waals surface area contributed by atoms with Crippen LogP contribution in [-0.2, 0) is 11.2 Å². The lowest BCUT2D eigenvalue weighted by Gasteiger charge is -2.21. The predicted octanol–water partition coefficient (Wildman–Crippen LogP) is 2.62. The fourth-order valence-corrected chi connectivity index (χ4v) is 3.57. The molecule has 1 aliphatic heterocycles. The molecule has 1 aliphatic carbocycles. The van der Waals surface area contributed by atoms with Crippen LogP contribution in [0.3, 0.4) is 0 Å². The standard InChI is InChI=1S/C15H18N4O2S/c1-9-16-11(8-22-9)7-13(20)19-6-2-3-12(19)14-17-15(21-18-14)10-4-5-10/h8,10,12H,2-7H2,1H3/t12-/m1/s1. The third-order valence-corrected chi connectivity index (χ3v) is 5.08. The smallest absolute Gasteiger partial charge is 0.229 e. The molecule has 1 atom stereocenters. The molecule has 1 saturated heterocycles. The zero-order valence-electron chi connectivity index (χ0n) is 12.5. The molecule has 2 aliphatic rings. The van der Waals surface area contributed by atoms with E-state index in [0.29, 0.717) is 18.2 Å². The van der Waals surface area contributed by atoms with Gasteiger partial charge in [0.25, 0.3) is 0 Å². The van der Waals surface area contributed by atoms with E-state index in [2.05, 4.69) is 15.1 Å². The number of nitrogens with zero attached hydrogens (tertiary/aromatic N) is 4. The van der Waals surface area contributed by atoms with Gasteiger partial charge in [-0.05, 0) is 32.6 Å². The molecule has 22 heavy (non-hydrogen) atoms. The van der Waals surface area contributed by atoms with Crippen LogP contribution in [0.4, 0.5) is 0 Å². The van der Waals surface area contributed by atoms with Crippen molar-refractivity contribution < 1.29 is 9.32 Å². The molecule has 3 heterocycles. The van der Waals surface area contributed by atoms with Gasteiger partial charge in [0.15, 0.2) is 5.82 Å². The lowest BCUT2D eigenvalue weighted by atomic mass is 10.2. The van der Waals surface area contributed by atoms with Gasteiger partial charge in [-0.1, -0.05) is 5.16 Å². The van der Waals surface area contributed by atoms with Gasteiger partial charge in [-0.25, -0.2) is 4.98 Å². The number of hydrogen-bond donors (Lipinski definition) is 0. The summed E-state index contributed by atoms with van der Waals surface area (Å²) in [7, 11) is 0. The van der Waals surface area contributed by atoms with Crippen molar-refractivity contribution in [3.63, 3.8) is 0 Å². The Bertz CT molecular complexity index is 691. The van der Waals surface area contributed by atoms with Crippen LogP contribution in [0.5, 0.6) is 0 Å². The molecule has 0 aromatic carbocycles. The van der Waals surface area contributed by atoms with Crippen LogP contribution in [0.1, 0.15) is 60.1 Å². The number of thiazole rings is 1. The van der Waals surface area contributed by atoms with Crippen LogP contribution in [0.15, 0.2) is 9.90 Å². The Hall–Kier alpha value is -1.76. The van der Waals surface area contributed by atoms with E-state index in [4.69, 9.17) is 4.52 Å². The molecule has 116 valence electrons. The zero-order valence-corrected chi connectivity index (χ0v) is 13.3. The van der Waals surface area contributed by atoms with Crippen molar-refractivity contribution in [2.45, 2.75) is 51.0 Å². The highest BCUT2D eigenvalue weighted by atomic mass is 32.1. The minimum atomic E-state index is -0.0384. The Morgan fingerprint density at radius 3 is 3.00 bits per heavy atom. The fraction of sp³-hybridized carbons (Fsp3) is 0.600. The molecule has 4 rings (SSSR count). The van der Waals surface area contributed by atoms with E-state index in [1.165, 1.54) is 0 Å². The Balaban J connectivity index is 1.48. The summed E-state index contributed by atoms with van der Waals surface area (Å²) in [6, 6.07) is -0.0384. The molecule has 0 N–H and O–H groups in total. The SMILES string of the molecule is Cc1nc(CC(=O)N2CCC[C@@H]2c2noc(C3CC3)n2)cs1. The summed E-state index contributed by atoms with van der Waals surface area (Å²) >= 11 is 1.58. The summed E-state index contributed by atoms with van der Waals surface area (Å²) in [5.74, 6) is 1.96. The van der Waals surface area contributed by atoms with E-state index < -0.39 is 0 Å². The number of aryl methyl sites for hydroxylation is 1. The topological polar surface area (TPSA) is 72.1 Å². The quantitative estimate of drug-likeness (QED) is 0.866. The summed E-state index contributed by atoms with van der Waals surface area (Å²) < 4.78 is 5.34. The van der Waals surface area contributed by atoms with E-state index in [1.54, 1.807) is 11.3 Å². The molecule has 7 heteroatoms. The van der Waals surface area contributed by atoms with Crippen LogP contribution < -0.4 is 0 Å². The Morgan fingerprint density at radius 2 is 2.27 bits per heavy atom. The average Bonchev–Trinajstić information content (AvgIpc) is 2.93. The Labute approximate surface area is 132 Å². The highest BCUT2D eigenvalue weighted by molar-refractivity contribution is 7.09. The van der Waals surface area contributed by atoms with Gasteiger partial charge < -0.3 is 9.42 Å². The number of aromatic nitrogens is 3. The molecular formula is C15H18N4O2S. The van der Waals surface area contributed by atoms with Crippen LogP contribution in [0.25, 0.3) is 0 Å². The number of hydrogen-bond acceptors (Lipinski definition) is 6. The molecule has 0 unspecified atom stereocenters. The Morgan fingerprint density at radius 1 is 1.41 bits per heavy atom. The number of likely N-dealkylation sites (tertiary alicyclic amines) is 1. The lowest BCUT2D eigenvalue weighted by Crippen LogP contribution is -2.32. The van der Waals surface area contributed by atoms with Gasteiger partial charge >= 0.3 is 0 Å². The number of amides is 1. The fourth-order valence-electron chi connectivity index (χ4n) is 2.96. The van der Waals surface area contributed by atoms with Crippen molar-refractivity contribution in [3.8, 4) is 0 Å². The van der Waals surface area contributed by atoms with Crippen molar-refractivity contribution in [1.82, 2.24) is 20.0 Å². The molecule has 0 bridgehead atoms. The third-order valence-electron chi connectivity index (χ3n) is 4.25. The van der Waals surface area contributed by atoms with Gasteiger partial charge in [-0.2, -0.15) is 4.98 Å². The molecule has 0 spiro atoms. The molecule has 2 aromatic rings. The van der Waals surface area contributed by atoms with Gasteiger partial charge in [0, 0.05) is 17.8 Å². The molecule has 6 nitrogen and oxygen atoms in total. The van der Waals surface area contributed by atoms with E-state index >= 15 is 0 Å². The number of carbonyl (C=O) groups is 1. The minimum Gasteiger partial charge on any atom is -0.339 e. The Kier molecular flexibility index (Phi) is 3.44. The highest BCUT2D eigenvalue weighted by Gasteiger charge is 2.36. The second-order valence-corrected chi connectivity index (χ2v) is 7.11. The monoisotopic (exact) mass is 318 g/mol. The van der Waals surface area contributed by atoms with E-state index in [9.17, 15) is 4.79 Å². The second kappa shape index (κ2) is 5.46. The summed E-state index contributed by atoms with van der Waals surface area (Å²) in [6.45, 7) is 2.72. The van der Waals surface area contributed by atoms with Crippen LogP contribution >= 0.6 is 11.3 Å². The van der Waals surface area contributed by atoms with Gasteiger partial charge in [-0.15, -0.1) is 11.3 Å². The predicted molar refractivity (Wildman–Crippen MR) is 80.5 cm³/mol. The molecule has 1 amide bonds. The van der Waals surface area contributed by atoms with Crippen molar-refractivity contribution in [2.75, 3.05) is 6.54 Å².